The molecule has 1 amide bonds. The summed E-state index contributed by atoms with van der Waals surface area (Å²) in [5, 5.41) is 0. The van der Waals surface area contributed by atoms with Crippen molar-refractivity contribution in [3.05, 3.63) is 65.7 Å². The molecule has 0 radical (unpaired) electrons. The van der Waals surface area contributed by atoms with Gasteiger partial charge in [0, 0.05) is 20.3 Å². The minimum absolute atomic E-state index is 0.0606. The van der Waals surface area contributed by atoms with Gasteiger partial charge in [-0.25, -0.2) is 8.78 Å². The lowest BCUT2D eigenvalue weighted by Crippen LogP contribution is -2.49. The van der Waals surface area contributed by atoms with Crippen molar-refractivity contribution >= 4 is 5.91 Å². The van der Waals surface area contributed by atoms with Crippen molar-refractivity contribution in [1.29, 1.82) is 0 Å². The van der Waals surface area contributed by atoms with Gasteiger partial charge in [0.2, 0.25) is 5.91 Å². The highest BCUT2D eigenvalue weighted by Gasteiger charge is 2.43. The molecule has 0 aliphatic carbocycles. The summed E-state index contributed by atoms with van der Waals surface area (Å²) in [5.74, 6) is -0.661. The molecule has 1 aliphatic heterocycles. The molecule has 2 aromatic carbocycles. The Labute approximate surface area is 157 Å². The van der Waals surface area contributed by atoms with E-state index in [1.54, 1.807) is 42.3 Å². The van der Waals surface area contributed by atoms with Crippen molar-refractivity contribution in [2.24, 2.45) is 0 Å². The zero-order valence-corrected chi connectivity index (χ0v) is 15.3. The first kappa shape index (κ1) is 19.3. The monoisotopic (exact) mass is 375 g/mol. The van der Waals surface area contributed by atoms with E-state index in [0.717, 1.165) is 5.56 Å². The van der Waals surface area contributed by atoms with Gasteiger partial charge in [-0.2, -0.15) is 0 Å². The molecule has 1 aliphatic rings. The van der Waals surface area contributed by atoms with Crippen LogP contribution < -0.4 is 4.74 Å². The molecule has 0 saturated carbocycles. The molecule has 0 unspecified atom stereocenters. The van der Waals surface area contributed by atoms with Gasteiger partial charge in [0.05, 0.1) is 12.0 Å². The second-order valence-electron chi connectivity index (χ2n) is 6.71. The van der Waals surface area contributed by atoms with Crippen LogP contribution in [0.1, 0.15) is 18.4 Å². The van der Waals surface area contributed by atoms with E-state index in [4.69, 9.17) is 9.47 Å². The van der Waals surface area contributed by atoms with Crippen molar-refractivity contribution in [3.63, 3.8) is 0 Å². The number of halogens is 2. The van der Waals surface area contributed by atoms with Crippen LogP contribution in [0, 0.1) is 11.6 Å². The number of rotatable bonds is 6. The number of ether oxygens (including phenoxy) is 2. The number of amides is 1. The first-order valence-electron chi connectivity index (χ1n) is 9.00. The van der Waals surface area contributed by atoms with E-state index in [0.29, 0.717) is 32.6 Å². The lowest BCUT2D eigenvalue weighted by Gasteiger charge is -2.39. The van der Waals surface area contributed by atoms with Crippen LogP contribution in [0.5, 0.6) is 5.75 Å². The van der Waals surface area contributed by atoms with E-state index in [1.807, 2.05) is 0 Å². The molecular weight excluding hydrogens is 352 g/mol. The molecule has 0 bridgehead atoms. The van der Waals surface area contributed by atoms with Crippen LogP contribution >= 0.6 is 0 Å². The number of carbonyl (C=O) groups is 1. The maximum atomic E-state index is 13.6. The highest BCUT2D eigenvalue weighted by Crippen LogP contribution is 2.36. The minimum Gasteiger partial charge on any atom is -0.489 e. The van der Waals surface area contributed by atoms with Crippen LogP contribution in [0.25, 0.3) is 0 Å². The number of hydrogen-bond donors (Lipinski definition) is 0. The zero-order chi connectivity index (χ0) is 19.3. The maximum Gasteiger partial charge on any atom is 0.233 e. The first-order valence-corrected chi connectivity index (χ1v) is 9.00. The van der Waals surface area contributed by atoms with E-state index < -0.39 is 11.2 Å². The topological polar surface area (TPSA) is 38.8 Å². The summed E-state index contributed by atoms with van der Waals surface area (Å²) in [4.78, 5) is 14.9. The molecule has 0 N–H and O–H groups in total. The van der Waals surface area contributed by atoms with Gasteiger partial charge in [-0.15, -0.1) is 0 Å². The average Bonchev–Trinajstić information content (AvgIpc) is 2.70. The fourth-order valence-corrected chi connectivity index (χ4v) is 3.44. The summed E-state index contributed by atoms with van der Waals surface area (Å²) in [6, 6.07) is 12.3. The standard InChI is InChI=1S/C21H23F2NO3/c1-24(12-15-27-19-5-3-2-4-18(19)23)20(25)21(10-13-26-14-11-21)16-6-8-17(22)9-7-16/h2-9H,10-15H2,1H3. The average molecular weight is 375 g/mol. The van der Waals surface area contributed by atoms with E-state index in [-0.39, 0.29) is 24.1 Å². The molecule has 0 aromatic heterocycles. The molecular formula is C21H23F2NO3. The Balaban J connectivity index is 1.70. The summed E-state index contributed by atoms with van der Waals surface area (Å²) < 4.78 is 37.9. The Kier molecular flexibility index (Phi) is 6.06. The molecule has 144 valence electrons. The maximum absolute atomic E-state index is 13.6. The van der Waals surface area contributed by atoms with Crippen molar-refractivity contribution < 1.29 is 23.0 Å². The number of hydrogen-bond acceptors (Lipinski definition) is 3. The highest BCUT2D eigenvalue weighted by atomic mass is 19.1. The van der Waals surface area contributed by atoms with Gasteiger partial charge in [0.25, 0.3) is 0 Å². The molecule has 4 nitrogen and oxygen atoms in total. The van der Waals surface area contributed by atoms with Crippen molar-refractivity contribution in [3.8, 4) is 5.75 Å². The lowest BCUT2D eigenvalue weighted by molar-refractivity contribution is -0.140. The van der Waals surface area contributed by atoms with Gasteiger partial charge in [0.1, 0.15) is 12.4 Å². The second kappa shape index (κ2) is 8.48. The third-order valence-corrected chi connectivity index (χ3v) is 5.02. The van der Waals surface area contributed by atoms with E-state index in [9.17, 15) is 13.6 Å². The van der Waals surface area contributed by atoms with E-state index in [1.165, 1.54) is 18.2 Å². The summed E-state index contributed by atoms with van der Waals surface area (Å²) in [7, 11) is 1.70. The third-order valence-electron chi connectivity index (χ3n) is 5.02. The predicted molar refractivity (Wildman–Crippen MR) is 97.7 cm³/mol. The third kappa shape index (κ3) is 4.27. The SMILES string of the molecule is CN(CCOc1ccccc1F)C(=O)C1(c2ccc(F)cc2)CCOCC1. The van der Waals surface area contributed by atoms with Crippen molar-refractivity contribution in [2.45, 2.75) is 18.3 Å². The molecule has 3 rings (SSSR count). The van der Waals surface area contributed by atoms with Gasteiger partial charge in [0.15, 0.2) is 11.6 Å². The van der Waals surface area contributed by atoms with E-state index in [2.05, 4.69) is 0 Å². The number of carbonyl (C=O) groups excluding carboxylic acids is 1. The smallest absolute Gasteiger partial charge is 0.233 e. The molecule has 0 atom stereocenters. The highest BCUT2D eigenvalue weighted by molar-refractivity contribution is 5.88. The molecule has 27 heavy (non-hydrogen) atoms. The van der Waals surface area contributed by atoms with Crippen LogP contribution in [-0.4, -0.2) is 44.2 Å². The molecule has 1 heterocycles. The van der Waals surface area contributed by atoms with Gasteiger partial charge in [-0.3, -0.25) is 4.79 Å². The predicted octanol–water partition coefficient (Wildman–Crippen LogP) is 3.55. The number of likely N-dealkylation sites (N-methyl/N-ethyl adjacent to an activating group) is 1. The minimum atomic E-state index is -0.737. The Bertz CT molecular complexity index is 773. The normalized spacial score (nSPS) is 16.0. The van der Waals surface area contributed by atoms with Gasteiger partial charge in [-0.05, 0) is 42.7 Å². The molecule has 2 aromatic rings. The number of nitrogens with zero attached hydrogens (tertiary/aromatic N) is 1. The second-order valence-corrected chi connectivity index (χ2v) is 6.71. The summed E-state index contributed by atoms with van der Waals surface area (Å²) in [5.41, 5.74) is 0.0534. The Morgan fingerprint density at radius 1 is 1.11 bits per heavy atom. The Hall–Kier alpha value is -2.47. The molecule has 0 spiro atoms. The van der Waals surface area contributed by atoms with Crippen LogP contribution in [0.4, 0.5) is 8.78 Å². The van der Waals surface area contributed by atoms with Gasteiger partial charge >= 0.3 is 0 Å². The molecule has 1 fully saturated rings. The molecule has 1 saturated heterocycles. The van der Waals surface area contributed by atoms with Crippen LogP contribution in [0.3, 0.4) is 0 Å². The van der Waals surface area contributed by atoms with Crippen LogP contribution in [0.2, 0.25) is 0 Å². The fraction of sp³-hybridized carbons (Fsp3) is 0.381. The summed E-state index contributed by atoms with van der Waals surface area (Å²) >= 11 is 0. The zero-order valence-electron chi connectivity index (χ0n) is 15.3. The number of para-hydroxylation sites is 1. The van der Waals surface area contributed by atoms with Gasteiger partial charge < -0.3 is 14.4 Å². The first-order chi connectivity index (χ1) is 13.0. The van der Waals surface area contributed by atoms with Crippen LogP contribution in [0.15, 0.2) is 48.5 Å². The van der Waals surface area contributed by atoms with Gasteiger partial charge in [-0.1, -0.05) is 24.3 Å². The Morgan fingerprint density at radius 3 is 2.44 bits per heavy atom. The van der Waals surface area contributed by atoms with Crippen LogP contribution in [-0.2, 0) is 14.9 Å². The lowest BCUT2D eigenvalue weighted by atomic mass is 9.73. The van der Waals surface area contributed by atoms with Crippen molar-refractivity contribution in [2.75, 3.05) is 33.4 Å². The largest absolute Gasteiger partial charge is 0.489 e. The molecule has 6 heteroatoms. The summed E-state index contributed by atoms with van der Waals surface area (Å²) in [6.45, 7) is 1.45. The van der Waals surface area contributed by atoms with E-state index >= 15 is 0 Å². The fourth-order valence-electron chi connectivity index (χ4n) is 3.44. The van der Waals surface area contributed by atoms with Crippen molar-refractivity contribution in [1.82, 2.24) is 4.90 Å². The quantitative estimate of drug-likeness (QED) is 0.775. The Morgan fingerprint density at radius 2 is 1.78 bits per heavy atom. The summed E-state index contributed by atoms with van der Waals surface area (Å²) in [6.07, 6.45) is 1.08. The number of benzene rings is 2.